The first-order valence-corrected chi connectivity index (χ1v) is 7.17. The molecule has 100 valence electrons. The summed E-state index contributed by atoms with van der Waals surface area (Å²) in [6, 6.07) is 0. The Labute approximate surface area is 104 Å². The van der Waals surface area contributed by atoms with Gasteiger partial charge in [0.05, 0.1) is 25.4 Å². The maximum absolute atomic E-state index is 9.93. The fourth-order valence-electron chi connectivity index (χ4n) is 3.25. The Bertz CT molecular complexity index is 224. The van der Waals surface area contributed by atoms with Gasteiger partial charge >= 0.3 is 0 Å². The Balaban J connectivity index is 1.60. The summed E-state index contributed by atoms with van der Waals surface area (Å²) >= 11 is 0. The molecule has 2 atom stereocenters. The van der Waals surface area contributed by atoms with E-state index >= 15 is 0 Å². The molecule has 2 unspecified atom stereocenters. The molecule has 2 aliphatic rings. The summed E-state index contributed by atoms with van der Waals surface area (Å²) in [6.45, 7) is 4.39. The zero-order valence-corrected chi connectivity index (χ0v) is 11.0. The first kappa shape index (κ1) is 13.3. The van der Waals surface area contributed by atoms with Crippen molar-refractivity contribution in [3.05, 3.63) is 0 Å². The molecule has 0 aromatic rings. The number of aliphatic hydroxyl groups excluding tert-OH is 1. The Hall–Kier alpha value is -0.120. The maximum Gasteiger partial charge on any atom is 0.0704 e. The van der Waals surface area contributed by atoms with Crippen LogP contribution in [0.25, 0.3) is 0 Å². The molecule has 0 aliphatic heterocycles. The van der Waals surface area contributed by atoms with E-state index in [1.807, 2.05) is 0 Å². The zero-order valence-electron chi connectivity index (χ0n) is 11.0. The van der Waals surface area contributed by atoms with Crippen molar-refractivity contribution in [3.8, 4) is 0 Å². The lowest BCUT2D eigenvalue weighted by Crippen LogP contribution is -2.56. The minimum Gasteiger partial charge on any atom is -0.392 e. The predicted octanol–water partition coefficient (Wildman–Crippen LogP) is 2.51. The second-order valence-electron chi connectivity index (χ2n) is 5.52. The first-order valence-electron chi connectivity index (χ1n) is 7.17. The van der Waals surface area contributed by atoms with E-state index in [1.165, 1.54) is 19.3 Å². The van der Waals surface area contributed by atoms with Gasteiger partial charge in [0.15, 0.2) is 0 Å². The van der Waals surface area contributed by atoms with E-state index in [9.17, 15) is 5.11 Å². The van der Waals surface area contributed by atoms with Crippen LogP contribution in [0.3, 0.4) is 0 Å². The van der Waals surface area contributed by atoms with Gasteiger partial charge in [0.1, 0.15) is 0 Å². The van der Waals surface area contributed by atoms with Gasteiger partial charge in [-0.2, -0.15) is 0 Å². The molecule has 2 aliphatic carbocycles. The molecule has 0 aromatic carbocycles. The molecule has 0 saturated heterocycles. The van der Waals surface area contributed by atoms with Crippen molar-refractivity contribution in [1.82, 2.24) is 0 Å². The average Bonchev–Trinajstić information content (AvgIpc) is 2.84. The van der Waals surface area contributed by atoms with Crippen molar-refractivity contribution in [2.45, 2.75) is 64.1 Å². The predicted molar refractivity (Wildman–Crippen MR) is 67.0 cm³/mol. The lowest BCUT2D eigenvalue weighted by atomic mass is 9.62. The standard InChI is InChI=1S/C14H26O3/c1-2-3-8-16-9-10-17-13-11-12(15)14(13)6-4-5-7-14/h12-13,15H,2-11H2,1H3. The summed E-state index contributed by atoms with van der Waals surface area (Å²) in [6.07, 6.45) is 8.12. The van der Waals surface area contributed by atoms with Gasteiger partial charge in [0, 0.05) is 18.4 Å². The van der Waals surface area contributed by atoms with Crippen LogP contribution in [0.15, 0.2) is 0 Å². The largest absolute Gasteiger partial charge is 0.392 e. The van der Waals surface area contributed by atoms with Gasteiger partial charge in [-0.1, -0.05) is 26.2 Å². The van der Waals surface area contributed by atoms with Crippen LogP contribution in [0.2, 0.25) is 0 Å². The number of ether oxygens (including phenoxy) is 2. The van der Waals surface area contributed by atoms with Crippen LogP contribution < -0.4 is 0 Å². The van der Waals surface area contributed by atoms with Gasteiger partial charge in [-0.05, 0) is 19.3 Å². The van der Waals surface area contributed by atoms with E-state index in [-0.39, 0.29) is 17.6 Å². The summed E-state index contributed by atoms with van der Waals surface area (Å²) in [4.78, 5) is 0. The normalized spacial score (nSPS) is 30.7. The highest BCUT2D eigenvalue weighted by atomic mass is 16.5. The van der Waals surface area contributed by atoms with Crippen molar-refractivity contribution in [3.63, 3.8) is 0 Å². The Kier molecular flexibility index (Phi) is 4.83. The van der Waals surface area contributed by atoms with Crippen LogP contribution in [-0.4, -0.2) is 37.1 Å². The van der Waals surface area contributed by atoms with Crippen molar-refractivity contribution in [1.29, 1.82) is 0 Å². The summed E-state index contributed by atoms with van der Waals surface area (Å²) in [5.41, 5.74) is 0.115. The summed E-state index contributed by atoms with van der Waals surface area (Å²) in [5, 5.41) is 9.93. The van der Waals surface area contributed by atoms with Gasteiger partial charge in [-0.15, -0.1) is 0 Å². The Morgan fingerprint density at radius 3 is 2.59 bits per heavy atom. The van der Waals surface area contributed by atoms with Crippen LogP contribution in [0.5, 0.6) is 0 Å². The van der Waals surface area contributed by atoms with E-state index in [0.717, 1.165) is 32.3 Å². The number of aliphatic hydroxyl groups is 1. The smallest absolute Gasteiger partial charge is 0.0704 e. The van der Waals surface area contributed by atoms with E-state index in [1.54, 1.807) is 0 Å². The SMILES string of the molecule is CCCCOCCOC1CC(O)C12CCCC2. The van der Waals surface area contributed by atoms with Crippen LogP contribution >= 0.6 is 0 Å². The number of rotatable bonds is 7. The minimum atomic E-state index is -0.115. The molecule has 3 heteroatoms. The molecule has 0 heterocycles. The van der Waals surface area contributed by atoms with E-state index in [2.05, 4.69) is 6.92 Å². The molecule has 2 rings (SSSR count). The van der Waals surface area contributed by atoms with Crippen LogP contribution in [0, 0.1) is 5.41 Å². The monoisotopic (exact) mass is 242 g/mol. The molecular weight excluding hydrogens is 216 g/mol. The minimum absolute atomic E-state index is 0.115. The summed E-state index contributed by atoms with van der Waals surface area (Å²) in [7, 11) is 0. The Morgan fingerprint density at radius 1 is 1.18 bits per heavy atom. The molecule has 3 nitrogen and oxygen atoms in total. The fourth-order valence-corrected chi connectivity index (χ4v) is 3.25. The van der Waals surface area contributed by atoms with Crippen LogP contribution in [0.4, 0.5) is 0 Å². The lowest BCUT2D eigenvalue weighted by molar-refractivity contribution is -0.193. The number of unbranched alkanes of at least 4 members (excludes halogenated alkanes) is 1. The zero-order chi connectivity index (χ0) is 12.1. The molecule has 1 spiro atoms. The molecule has 0 amide bonds. The van der Waals surface area contributed by atoms with E-state index in [0.29, 0.717) is 13.2 Å². The molecule has 2 fully saturated rings. The van der Waals surface area contributed by atoms with Crippen molar-refractivity contribution < 1.29 is 14.6 Å². The summed E-state index contributed by atoms with van der Waals surface area (Å²) in [5.74, 6) is 0. The highest BCUT2D eigenvalue weighted by Gasteiger charge is 2.56. The molecule has 17 heavy (non-hydrogen) atoms. The molecule has 0 radical (unpaired) electrons. The van der Waals surface area contributed by atoms with Gasteiger partial charge < -0.3 is 14.6 Å². The van der Waals surface area contributed by atoms with Crippen molar-refractivity contribution in [2.24, 2.45) is 5.41 Å². The molecular formula is C14H26O3. The average molecular weight is 242 g/mol. The quantitative estimate of drug-likeness (QED) is 0.697. The van der Waals surface area contributed by atoms with Crippen molar-refractivity contribution >= 4 is 0 Å². The highest BCUT2D eigenvalue weighted by Crippen LogP contribution is 2.54. The van der Waals surface area contributed by atoms with Gasteiger partial charge in [-0.25, -0.2) is 0 Å². The molecule has 0 aromatic heterocycles. The Morgan fingerprint density at radius 2 is 1.94 bits per heavy atom. The summed E-state index contributed by atoms with van der Waals surface area (Å²) < 4.78 is 11.4. The van der Waals surface area contributed by atoms with E-state index in [4.69, 9.17) is 9.47 Å². The highest BCUT2D eigenvalue weighted by molar-refractivity contribution is 5.06. The first-order chi connectivity index (χ1) is 8.29. The maximum atomic E-state index is 9.93. The van der Waals surface area contributed by atoms with Crippen LogP contribution in [0.1, 0.15) is 51.9 Å². The van der Waals surface area contributed by atoms with Crippen LogP contribution in [-0.2, 0) is 9.47 Å². The molecule has 0 bridgehead atoms. The second kappa shape index (κ2) is 6.17. The van der Waals surface area contributed by atoms with E-state index < -0.39 is 0 Å². The topological polar surface area (TPSA) is 38.7 Å². The molecule has 1 N–H and O–H groups in total. The molecule has 2 saturated carbocycles. The fraction of sp³-hybridized carbons (Fsp3) is 1.00. The third-order valence-electron chi connectivity index (χ3n) is 4.47. The van der Waals surface area contributed by atoms with Gasteiger partial charge in [0.2, 0.25) is 0 Å². The van der Waals surface area contributed by atoms with Gasteiger partial charge in [-0.3, -0.25) is 0 Å². The third kappa shape index (κ3) is 2.83. The third-order valence-corrected chi connectivity index (χ3v) is 4.47. The van der Waals surface area contributed by atoms with Gasteiger partial charge in [0.25, 0.3) is 0 Å². The van der Waals surface area contributed by atoms with Crippen molar-refractivity contribution in [2.75, 3.05) is 19.8 Å². The lowest BCUT2D eigenvalue weighted by Gasteiger charge is -2.51. The number of hydrogen-bond donors (Lipinski definition) is 1. The number of hydrogen-bond acceptors (Lipinski definition) is 3. The second-order valence-corrected chi connectivity index (χ2v) is 5.52.